The lowest BCUT2D eigenvalue weighted by atomic mass is 10.1. The number of pyridine rings is 1. The van der Waals surface area contributed by atoms with Gasteiger partial charge in [-0.15, -0.1) is 0 Å². The van der Waals surface area contributed by atoms with Crippen LogP contribution in [0, 0.1) is 0 Å². The summed E-state index contributed by atoms with van der Waals surface area (Å²) >= 11 is 0. The Kier molecular flexibility index (Phi) is 3.45. The second kappa shape index (κ2) is 4.88. The highest BCUT2D eigenvalue weighted by Crippen LogP contribution is 2.22. The van der Waals surface area contributed by atoms with E-state index in [1.54, 1.807) is 30.6 Å². The Morgan fingerprint density at radius 2 is 1.94 bits per heavy atom. The van der Waals surface area contributed by atoms with E-state index in [0.29, 0.717) is 11.4 Å². The summed E-state index contributed by atoms with van der Waals surface area (Å²) in [6, 6.07) is 8.72. The minimum atomic E-state index is -3.19. The first kappa shape index (κ1) is 12.7. The molecule has 0 spiro atoms. The van der Waals surface area contributed by atoms with Crippen LogP contribution < -0.4 is 5.73 Å². The minimum absolute atomic E-state index is 0.304. The standard InChI is InChI=1S/C13H14N2O2S/c1-18(16,17)13-4-2-3-11(6-13)12-5-10(7-14)8-15-9-12/h2-6,8-9H,7,14H2,1H3. The predicted octanol–water partition coefficient (Wildman–Crippen LogP) is 1.61. The van der Waals surface area contributed by atoms with E-state index in [0.717, 1.165) is 16.7 Å². The van der Waals surface area contributed by atoms with Gasteiger partial charge in [-0.3, -0.25) is 4.98 Å². The van der Waals surface area contributed by atoms with Crippen molar-refractivity contribution >= 4 is 9.84 Å². The van der Waals surface area contributed by atoms with Crippen LogP contribution >= 0.6 is 0 Å². The van der Waals surface area contributed by atoms with E-state index in [1.165, 1.54) is 6.26 Å². The van der Waals surface area contributed by atoms with Gasteiger partial charge < -0.3 is 5.73 Å². The molecule has 1 aromatic heterocycles. The summed E-state index contributed by atoms with van der Waals surface area (Å²) in [7, 11) is -3.19. The van der Waals surface area contributed by atoms with Crippen LogP contribution in [0.15, 0.2) is 47.6 Å². The second-order valence-corrected chi connectivity index (χ2v) is 6.10. The fourth-order valence-corrected chi connectivity index (χ4v) is 2.33. The summed E-state index contributed by atoms with van der Waals surface area (Å²) in [4.78, 5) is 4.40. The van der Waals surface area contributed by atoms with Gasteiger partial charge in [0.15, 0.2) is 9.84 Å². The third kappa shape index (κ3) is 2.75. The van der Waals surface area contributed by atoms with E-state index in [1.807, 2.05) is 12.1 Å². The molecule has 0 amide bonds. The zero-order valence-electron chi connectivity index (χ0n) is 10.00. The van der Waals surface area contributed by atoms with E-state index < -0.39 is 9.84 Å². The molecule has 1 heterocycles. The van der Waals surface area contributed by atoms with Crippen LogP contribution in [0.5, 0.6) is 0 Å². The summed E-state index contributed by atoms with van der Waals surface area (Å²) in [6.45, 7) is 0.409. The second-order valence-electron chi connectivity index (χ2n) is 4.09. The Morgan fingerprint density at radius 3 is 2.61 bits per heavy atom. The predicted molar refractivity (Wildman–Crippen MR) is 70.7 cm³/mol. The van der Waals surface area contributed by atoms with Crippen molar-refractivity contribution in [2.24, 2.45) is 5.73 Å². The third-order valence-electron chi connectivity index (χ3n) is 2.63. The molecule has 0 saturated carbocycles. The lowest BCUT2D eigenvalue weighted by Crippen LogP contribution is -1.98. The molecule has 0 aliphatic carbocycles. The van der Waals surface area contributed by atoms with E-state index >= 15 is 0 Å². The normalized spacial score (nSPS) is 11.4. The molecule has 0 bridgehead atoms. The summed E-state index contributed by atoms with van der Waals surface area (Å²) in [6.07, 6.45) is 4.59. The monoisotopic (exact) mass is 262 g/mol. The first-order chi connectivity index (χ1) is 8.50. The lowest BCUT2D eigenvalue weighted by Gasteiger charge is -2.05. The van der Waals surface area contributed by atoms with Gasteiger partial charge in [-0.2, -0.15) is 0 Å². The molecule has 4 nitrogen and oxygen atoms in total. The van der Waals surface area contributed by atoms with Crippen molar-refractivity contribution in [2.45, 2.75) is 11.4 Å². The topological polar surface area (TPSA) is 73.0 Å². The van der Waals surface area contributed by atoms with Gasteiger partial charge in [0, 0.05) is 30.8 Å². The number of rotatable bonds is 3. The van der Waals surface area contributed by atoms with Gasteiger partial charge in [0.2, 0.25) is 0 Å². The molecule has 2 rings (SSSR count). The molecule has 0 radical (unpaired) electrons. The molecule has 0 atom stereocenters. The van der Waals surface area contributed by atoms with Crippen LogP contribution in [0.4, 0.5) is 0 Å². The van der Waals surface area contributed by atoms with E-state index in [-0.39, 0.29) is 0 Å². The largest absolute Gasteiger partial charge is 0.326 e. The van der Waals surface area contributed by atoms with Crippen LogP contribution in [0.1, 0.15) is 5.56 Å². The molecule has 0 unspecified atom stereocenters. The van der Waals surface area contributed by atoms with Crippen molar-refractivity contribution in [1.82, 2.24) is 4.98 Å². The summed E-state index contributed by atoms with van der Waals surface area (Å²) in [5, 5.41) is 0. The molecule has 0 saturated heterocycles. The molecule has 2 N–H and O–H groups in total. The van der Waals surface area contributed by atoms with Gasteiger partial charge in [-0.25, -0.2) is 8.42 Å². The smallest absolute Gasteiger partial charge is 0.175 e. The Bertz CT molecular complexity index is 666. The Morgan fingerprint density at radius 1 is 1.17 bits per heavy atom. The first-order valence-electron chi connectivity index (χ1n) is 5.45. The lowest BCUT2D eigenvalue weighted by molar-refractivity contribution is 0.602. The fraction of sp³-hybridized carbons (Fsp3) is 0.154. The van der Waals surface area contributed by atoms with E-state index in [2.05, 4.69) is 4.98 Å². The number of hydrogen-bond acceptors (Lipinski definition) is 4. The molecule has 5 heteroatoms. The van der Waals surface area contributed by atoms with Crippen LogP contribution in [0.25, 0.3) is 11.1 Å². The number of sulfone groups is 1. The van der Waals surface area contributed by atoms with Gasteiger partial charge >= 0.3 is 0 Å². The Balaban J connectivity index is 2.51. The van der Waals surface area contributed by atoms with Gasteiger partial charge in [-0.1, -0.05) is 12.1 Å². The minimum Gasteiger partial charge on any atom is -0.326 e. The molecule has 1 aromatic carbocycles. The van der Waals surface area contributed by atoms with Crippen LogP contribution in [-0.2, 0) is 16.4 Å². The van der Waals surface area contributed by atoms with Crippen LogP contribution in [0.3, 0.4) is 0 Å². The maximum Gasteiger partial charge on any atom is 0.175 e. The SMILES string of the molecule is CS(=O)(=O)c1cccc(-c2cncc(CN)c2)c1. The van der Waals surface area contributed by atoms with Crippen molar-refractivity contribution in [3.8, 4) is 11.1 Å². The fourth-order valence-electron chi connectivity index (χ4n) is 1.66. The molecule has 18 heavy (non-hydrogen) atoms. The number of hydrogen-bond donors (Lipinski definition) is 1. The third-order valence-corrected chi connectivity index (χ3v) is 3.74. The number of nitrogens with zero attached hydrogens (tertiary/aromatic N) is 1. The highest BCUT2D eigenvalue weighted by molar-refractivity contribution is 7.90. The summed E-state index contributed by atoms with van der Waals surface area (Å²) < 4.78 is 23.0. The molecule has 0 aliphatic heterocycles. The van der Waals surface area contributed by atoms with E-state index in [4.69, 9.17) is 5.73 Å². The highest BCUT2D eigenvalue weighted by atomic mass is 32.2. The van der Waals surface area contributed by atoms with Crippen LogP contribution in [0.2, 0.25) is 0 Å². The quantitative estimate of drug-likeness (QED) is 0.912. The van der Waals surface area contributed by atoms with Gasteiger partial charge in [0.25, 0.3) is 0 Å². The van der Waals surface area contributed by atoms with Crippen molar-refractivity contribution in [3.05, 3.63) is 48.3 Å². The highest BCUT2D eigenvalue weighted by Gasteiger charge is 2.08. The maximum atomic E-state index is 11.5. The number of aromatic nitrogens is 1. The van der Waals surface area contributed by atoms with E-state index in [9.17, 15) is 8.42 Å². The Hall–Kier alpha value is -1.72. The Labute approximate surface area is 106 Å². The van der Waals surface area contributed by atoms with Gasteiger partial charge in [-0.05, 0) is 29.3 Å². The molecule has 2 aromatic rings. The zero-order valence-corrected chi connectivity index (χ0v) is 10.8. The molecule has 0 aliphatic rings. The molecule has 94 valence electrons. The van der Waals surface area contributed by atoms with Gasteiger partial charge in [0.05, 0.1) is 4.90 Å². The number of nitrogens with two attached hydrogens (primary N) is 1. The molecular weight excluding hydrogens is 248 g/mol. The zero-order chi connectivity index (χ0) is 13.2. The van der Waals surface area contributed by atoms with Crippen molar-refractivity contribution < 1.29 is 8.42 Å². The summed E-state index contributed by atoms with van der Waals surface area (Å²) in [5.41, 5.74) is 8.16. The first-order valence-corrected chi connectivity index (χ1v) is 7.34. The van der Waals surface area contributed by atoms with Crippen molar-refractivity contribution in [2.75, 3.05) is 6.26 Å². The molecular formula is C13H14N2O2S. The molecule has 0 fully saturated rings. The average Bonchev–Trinajstić information content (AvgIpc) is 2.38. The van der Waals surface area contributed by atoms with Crippen molar-refractivity contribution in [3.63, 3.8) is 0 Å². The number of benzene rings is 1. The van der Waals surface area contributed by atoms with Crippen molar-refractivity contribution in [1.29, 1.82) is 0 Å². The maximum absolute atomic E-state index is 11.5. The van der Waals surface area contributed by atoms with Crippen LogP contribution in [-0.4, -0.2) is 19.7 Å². The van der Waals surface area contributed by atoms with Gasteiger partial charge in [0.1, 0.15) is 0 Å². The summed E-state index contributed by atoms with van der Waals surface area (Å²) in [5.74, 6) is 0. The average molecular weight is 262 g/mol.